The van der Waals surface area contributed by atoms with Gasteiger partial charge in [-0.15, -0.1) is 0 Å². The molecule has 2 amide bonds. The molecule has 0 aromatic heterocycles. The van der Waals surface area contributed by atoms with Crippen LogP contribution in [0.5, 0.6) is 0 Å². The number of likely N-dealkylation sites (N-methyl/N-ethyl adjacent to an activating group) is 1. The molecule has 0 spiro atoms. The fourth-order valence-electron chi connectivity index (χ4n) is 4.25. The van der Waals surface area contributed by atoms with Crippen LogP contribution in [-0.4, -0.2) is 49.1 Å². The Kier molecular flexibility index (Phi) is 6.66. The topological polar surface area (TPSA) is 58.6 Å². The van der Waals surface area contributed by atoms with Crippen LogP contribution in [0.4, 0.5) is 0 Å². The summed E-state index contributed by atoms with van der Waals surface area (Å²) in [5.74, 6) is -0.203. The Morgan fingerprint density at radius 2 is 1.56 bits per heavy atom. The summed E-state index contributed by atoms with van der Waals surface area (Å²) in [6, 6.07) is 28.0. The van der Waals surface area contributed by atoms with Crippen molar-refractivity contribution >= 4 is 11.8 Å². The number of hydrogen-bond acceptors (Lipinski definition) is 3. The van der Waals surface area contributed by atoms with E-state index in [2.05, 4.69) is 29.6 Å². The number of nitrogens with one attached hydrogen (secondary N) is 1. The van der Waals surface area contributed by atoms with Gasteiger partial charge in [-0.05, 0) is 22.3 Å². The predicted octanol–water partition coefficient (Wildman–Crippen LogP) is 3.48. The van der Waals surface area contributed by atoms with Crippen LogP contribution < -0.4 is 5.32 Å². The van der Waals surface area contributed by atoms with E-state index in [0.29, 0.717) is 26.0 Å². The molecule has 3 aromatic carbocycles. The number of benzene rings is 3. The van der Waals surface area contributed by atoms with Gasteiger partial charge in [0.25, 0.3) is 5.91 Å². The Hall–Kier alpha value is -3.44. The van der Waals surface area contributed by atoms with Crippen molar-refractivity contribution in [3.05, 3.63) is 96.1 Å². The Bertz CT molecular complexity index is 1070. The summed E-state index contributed by atoms with van der Waals surface area (Å²) in [6.45, 7) is 1.04. The summed E-state index contributed by atoms with van der Waals surface area (Å²) in [7, 11) is 1.61. The maximum atomic E-state index is 13.0. The van der Waals surface area contributed by atoms with Crippen molar-refractivity contribution in [3.8, 4) is 11.1 Å². The average molecular weight is 429 g/mol. The zero-order chi connectivity index (χ0) is 22.4. The standard InChI is InChI=1S/C27H28N2O3/c1-28-26(31)27(19-22-11-8-14-24(17-22)23-12-6-3-7-13-23)20-29(15-16-32-27)25(30)18-21-9-4-2-5-10-21/h2-14,17H,15-16,18-20H2,1H3,(H,28,31)/t27-/m0/s1. The number of rotatable bonds is 6. The number of morpholine rings is 1. The van der Waals surface area contributed by atoms with Gasteiger partial charge in [0.2, 0.25) is 5.91 Å². The van der Waals surface area contributed by atoms with Gasteiger partial charge in [-0.2, -0.15) is 0 Å². The van der Waals surface area contributed by atoms with E-state index in [4.69, 9.17) is 4.74 Å². The minimum absolute atomic E-state index is 0.00538. The van der Waals surface area contributed by atoms with E-state index in [1.807, 2.05) is 60.7 Å². The van der Waals surface area contributed by atoms with Gasteiger partial charge in [0.1, 0.15) is 0 Å². The Morgan fingerprint density at radius 1 is 0.906 bits per heavy atom. The highest BCUT2D eigenvalue weighted by molar-refractivity contribution is 5.87. The van der Waals surface area contributed by atoms with Crippen molar-refractivity contribution in [2.24, 2.45) is 0 Å². The first-order valence-electron chi connectivity index (χ1n) is 10.9. The van der Waals surface area contributed by atoms with Crippen LogP contribution in [0.2, 0.25) is 0 Å². The van der Waals surface area contributed by atoms with Crippen LogP contribution in [0.15, 0.2) is 84.9 Å². The average Bonchev–Trinajstić information content (AvgIpc) is 2.85. The third-order valence-corrected chi connectivity index (χ3v) is 5.90. The van der Waals surface area contributed by atoms with Crippen LogP contribution in [-0.2, 0) is 27.2 Å². The number of carbonyl (C=O) groups is 2. The lowest BCUT2D eigenvalue weighted by Crippen LogP contribution is -2.61. The van der Waals surface area contributed by atoms with Crippen molar-refractivity contribution in [1.29, 1.82) is 0 Å². The minimum atomic E-state index is -1.12. The monoisotopic (exact) mass is 428 g/mol. The summed E-state index contributed by atoms with van der Waals surface area (Å²) < 4.78 is 6.09. The van der Waals surface area contributed by atoms with E-state index in [-0.39, 0.29) is 18.4 Å². The summed E-state index contributed by atoms with van der Waals surface area (Å²) >= 11 is 0. The maximum absolute atomic E-state index is 13.0. The van der Waals surface area contributed by atoms with Gasteiger partial charge in [-0.1, -0.05) is 84.9 Å². The highest BCUT2D eigenvalue weighted by atomic mass is 16.5. The van der Waals surface area contributed by atoms with E-state index < -0.39 is 5.60 Å². The molecule has 5 heteroatoms. The molecule has 0 bridgehead atoms. The summed E-state index contributed by atoms with van der Waals surface area (Å²) in [5, 5.41) is 2.75. The quantitative estimate of drug-likeness (QED) is 0.654. The summed E-state index contributed by atoms with van der Waals surface area (Å²) in [6.07, 6.45) is 0.705. The van der Waals surface area contributed by atoms with Gasteiger partial charge >= 0.3 is 0 Å². The van der Waals surface area contributed by atoms with Crippen LogP contribution in [0.25, 0.3) is 11.1 Å². The third kappa shape index (κ3) is 4.89. The van der Waals surface area contributed by atoms with Gasteiger partial charge in [-0.3, -0.25) is 9.59 Å². The fourth-order valence-corrected chi connectivity index (χ4v) is 4.25. The summed E-state index contributed by atoms with van der Waals surface area (Å²) in [4.78, 5) is 27.8. The van der Waals surface area contributed by atoms with Crippen molar-refractivity contribution in [1.82, 2.24) is 10.2 Å². The SMILES string of the molecule is CNC(=O)[C@]1(Cc2cccc(-c3ccccc3)c2)CN(C(=O)Cc2ccccc2)CCO1. The first kappa shape index (κ1) is 21.8. The second kappa shape index (κ2) is 9.79. The molecule has 4 rings (SSSR count). The van der Waals surface area contributed by atoms with Gasteiger partial charge in [0.15, 0.2) is 5.60 Å². The minimum Gasteiger partial charge on any atom is -0.361 e. The van der Waals surface area contributed by atoms with Gasteiger partial charge in [-0.25, -0.2) is 0 Å². The molecule has 0 unspecified atom stereocenters. The van der Waals surface area contributed by atoms with E-state index in [1.54, 1.807) is 11.9 Å². The molecular weight excluding hydrogens is 400 g/mol. The van der Waals surface area contributed by atoms with Crippen molar-refractivity contribution in [2.75, 3.05) is 26.7 Å². The molecule has 1 heterocycles. The molecule has 0 aliphatic carbocycles. The van der Waals surface area contributed by atoms with Gasteiger partial charge in [0.05, 0.1) is 19.6 Å². The van der Waals surface area contributed by atoms with Gasteiger partial charge < -0.3 is 15.0 Å². The molecule has 0 radical (unpaired) electrons. The number of nitrogens with zero attached hydrogens (tertiary/aromatic N) is 1. The highest BCUT2D eigenvalue weighted by Gasteiger charge is 2.44. The lowest BCUT2D eigenvalue weighted by molar-refractivity contribution is -0.165. The summed E-state index contributed by atoms with van der Waals surface area (Å²) in [5.41, 5.74) is 3.04. The molecule has 1 atom stereocenters. The van der Waals surface area contributed by atoms with E-state index in [1.165, 1.54) is 0 Å². The molecule has 1 aliphatic heterocycles. The first-order chi connectivity index (χ1) is 15.6. The second-order valence-corrected chi connectivity index (χ2v) is 8.14. The molecule has 1 saturated heterocycles. The van der Waals surface area contributed by atoms with Crippen LogP contribution >= 0.6 is 0 Å². The molecule has 1 N–H and O–H groups in total. The molecule has 164 valence electrons. The highest BCUT2D eigenvalue weighted by Crippen LogP contribution is 2.27. The van der Waals surface area contributed by atoms with E-state index in [0.717, 1.165) is 22.3 Å². The zero-order valence-corrected chi connectivity index (χ0v) is 18.3. The van der Waals surface area contributed by atoms with Gasteiger partial charge in [0, 0.05) is 20.0 Å². The van der Waals surface area contributed by atoms with Crippen LogP contribution in [0.1, 0.15) is 11.1 Å². The molecule has 3 aromatic rings. The van der Waals surface area contributed by atoms with Crippen LogP contribution in [0, 0.1) is 0 Å². The molecule has 0 saturated carbocycles. The number of ether oxygens (including phenoxy) is 1. The third-order valence-electron chi connectivity index (χ3n) is 5.90. The van der Waals surface area contributed by atoms with Crippen LogP contribution in [0.3, 0.4) is 0 Å². The normalized spacial score (nSPS) is 18.2. The lowest BCUT2D eigenvalue weighted by Gasteiger charge is -2.41. The Morgan fingerprint density at radius 3 is 2.28 bits per heavy atom. The predicted molar refractivity (Wildman–Crippen MR) is 125 cm³/mol. The second-order valence-electron chi connectivity index (χ2n) is 8.14. The van der Waals surface area contributed by atoms with E-state index in [9.17, 15) is 9.59 Å². The molecular formula is C27H28N2O3. The molecule has 32 heavy (non-hydrogen) atoms. The largest absolute Gasteiger partial charge is 0.361 e. The maximum Gasteiger partial charge on any atom is 0.254 e. The number of amides is 2. The molecule has 5 nitrogen and oxygen atoms in total. The number of carbonyl (C=O) groups excluding carboxylic acids is 2. The zero-order valence-electron chi connectivity index (χ0n) is 18.3. The Labute approximate surface area is 189 Å². The lowest BCUT2D eigenvalue weighted by atomic mass is 9.89. The van der Waals surface area contributed by atoms with E-state index >= 15 is 0 Å². The number of hydrogen-bond donors (Lipinski definition) is 1. The van der Waals surface area contributed by atoms with Crippen molar-refractivity contribution < 1.29 is 14.3 Å². The van der Waals surface area contributed by atoms with Crippen molar-refractivity contribution in [3.63, 3.8) is 0 Å². The van der Waals surface area contributed by atoms with Crippen molar-refractivity contribution in [2.45, 2.75) is 18.4 Å². The Balaban J connectivity index is 1.56. The molecule has 1 aliphatic rings. The first-order valence-corrected chi connectivity index (χ1v) is 10.9. The fraction of sp³-hybridized carbons (Fsp3) is 0.259. The smallest absolute Gasteiger partial charge is 0.254 e. The molecule has 1 fully saturated rings.